The first-order chi connectivity index (χ1) is 26.2. The van der Waals surface area contributed by atoms with E-state index in [9.17, 15) is 75.7 Å². The minimum absolute atomic E-state index is 0. The van der Waals surface area contributed by atoms with Crippen LogP contribution < -0.4 is 104 Å². The minimum Gasteiger partial charge on any atom is -0.547 e. The molecule has 0 bridgehead atoms. The fourth-order valence-corrected chi connectivity index (χ4v) is 7.48. The Kier molecular flexibility index (Phi) is 27.5. The third kappa shape index (κ3) is 13.7. The van der Waals surface area contributed by atoms with Crippen LogP contribution in [0.3, 0.4) is 0 Å². The van der Waals surface area contributed by atoms with Crippen molar-refractivity contribution in [3.8, 4) is 0 Å². The Labute approximate surface area is 415 Å². The van der Waals surface area contributed by atoms with Crippen LogP contribution in [0.1, 0.15) is 67.7 Å². The van der Waals surface area contributed by atoms with Gasteiger partial charge in [0.05, 0.1) is 68.4 Å². The summed E-state index contributed by atoms with van der Waals surface area (Å²) in [6.45, 7) is 8.05. The van der Waals surface area contributed by atoms with Gasteiger partial charge in [-0.15, -0.1) is 0 Å². The SMILES string of the molecule is CC(C)[C@]1(C(=O)[O-])CC(O)[C@@H](C)[C@H]([C@H](O)[C@@H](CO)O[C@]2(C(=O)[O-])CC(O)[C@@H](C)[C@H]([C@H](O)[C@H](O)CO)O2)O1.CC(C)[C@]1(C(=O)[O-])CC(O)[C@@H](C)[C@H]([C@H](O)[C@H](O)CO)O1.[Na+].[Na+].[Na+]. The number of rotatable bonds is 16. The van der Waals surface area contributed by atoms with E-state index in [-0.39, 0.29) is 102 Å². The van der Waals surface area contributed by atoms with Gasteiger partial charge in [0.2, 0.25) is 5.79 Å². The molecule has 0 aromatic heterocycles. The minimum atomic E-state index is -2.85. The van der Waals surface area contributed by atoms with Crippen molar-refractivity contribution in [3.05, 3.63) is 0 Å². The maximum atomic E-state index is 12.2. The molecule has 0 radical (unpaired) electrons. The Hall–Kier alpha value is 0.810. The summed E-state index contributed by atoms with van der Waals surface area (Å²) in [5.74, 6) is -11.6. The molecule has 24 heteroatoms. The van der Waals surface area contributed by atoms with Gasteiger partial charge in [-0.05, 0) is 11.8 Å². The predicted molar refractivity (Wildman–Crippen MR) is 183 cm³/mol. The van der Waals surface area contributed by atoms with Crippen LogP contribution in [0.5, 0.6) is 0 Å². The molecule has 0 aliphatic carbocycles. The number of carboxylic acids is 3. The summed E-state index contributed by atoms with van der Waals surface area (Å²) in [4.78, 5) is 35.6. The Morgan fingerprint density at radius 1 is 0.567 bits per heavy atom. The summed E-state index contributed by atoms with van der Waals surface area (Å²) in [7, 11) is 0. The van der Waals surface area contributed by atoms with Crippen molar-refractivity contribution >= 4 is 17.9 Å². The molecule has 334 valence electrons. The molecule has 11 N–H and O–H groups in total. The van der Waals surface area contributed by atoms with Crippen LogP contribution in [0, 0.1) is 29.6 Å². The largest absolute Gasteiger partial charge is 1.00 e. The van der Waals surface area contributed by atoms with Crippen molar-refractivity contribution in [2.24, 2.45) is 29.6 Å². The van der Waals surface area contributed by atoms with Crippen LogP contribution >= 0.6 is 0 Å². The zero-order valence-corrected chi connectivity index (χ0v) is 42.1. The zero-order valence-electron chi connectivity index (χ0n) is 36.1. The fraction of sp³-hybridized carbons (Fsp3) is 0.917. The van der Waals surface area contributed by atoms with Gasteiger partial charge in [0, 0.05) is 37.0 Å². The average Bonchev–Trinajstić information content (AvgIpc) is 3.15. The molecule has 0 amide bonds. The number of carbonyl (C=O) groups is 3. The van der Waals surface area contributed by atoms with Crippen molar-refractivity contribution in [1.82, 2.24) is 0 Å². The summed E-state index contributed by atoms with van der Waals surface area (Å²) >= 11 is 0. The number of aliphatic hydroxyl groups is 11. The van der Waals surface area contributed by atoms with Gasteiger partial charge < -0.3 is 105 Å². The van der Waals surface area contributed by atoms with Crippen LogP contribution in [0.4, 0.5) is 0 Å². The molecule has 3 heterocycles. The van der Waals surface area contributed by atoms with Crippen molar-refractivity contribution in [1.29, 1.82) is 0 Å². The number of aliphatic carboxylic acids is 3. The van der Waals surface area contributed by atoms with Crippen LogP contribution in [0.15, 0.2) is 0 Å². The fourth-order valence-electron chi connectivity index (χ4n) is 7.48. The molecule has 3 aliphatic rings. The number of hydrogen-bond acceptors (Lipinski definition) is 21. The summed E-state index contributed by atoms with van der Waals surface area (Å²) in [5, 5.41) is 146. The molecule has 3 rings (SSSR count). The van der Waals surface area contributed by atoms with Crippen molar-refractivity contribution < 1.29 is 193 Å². The molecular formula is C36H61Na3O21. The van der Waals surface area contributed by atoms with Crippen LogP contribution in [0.2, 0.25) is 0 Å². The maximum Gasteiger partial charge on any atom is 1.00 e. The van der Waals surface area contributed by atoms with E-state index in [0.717, 1.165) is 0 Å². The molecule has 60 heavy (non-hydrogen) atoms. The van der Waals surface area contributed by atoms with E-state index in [1.54, 1.807) is 20.8 Å². The maximum absolute atomic E-state index is 12.2. The van der Waals surface area contributed by atoms with E-state index in [1.807, 2.05) is 0 Å². The van der Waals surface area contributed by atoms with E-state index >= 15 is 0 Å². The van der Waals surface area contributed by atoms with Gasteiger partial charge in [-0.25, -0.2) is 0 Å². The standard InChI is InChI=1S/C23H40O14.C13H24O7.3Na/c1-9(2)22(20(31)32)5-12(26)10(3)19(36-22)17(30)15(8-25)35-23(21(33)34)6-13(27)11(4)18(37-23)16(29)14(28)7-24;1-6(2)13(12(18)19)4-8(15)7(3)11(20-13)10(17)9(16)5-14;;;/h9-19,24-30H,5-8H2,1-4H3,(H,31,32)(H,33,34);6-11,14-17H,4-5H2,1-3H3,(H,18,19);;;/q;;3*+1/p-3/t10-,11-,12?,13?,14-,15-,16-,17-,18-,19-,22+,23-;7-,8?,9-,10-,11-,13+;;;/m11.../s1. The molecular weight excluding hydrogens is 837 g/mol. The Morgan fingerprint density at radius 3 is 1.17 bits per heavy atom. The van der Waals surface area contributed by atoms with E-state index in [0.29, 0.717) is 0 Å². The molecule has 3 saturated heterocycles. The number of carboxylic acid groups (broad SMARTS) is 3. The number of aliphatic hydroxyl groups excluding tert-OH is 11. The number of hydrogen-bond donors (Lipinski definition) is 11. The second kappa shape index (κ2) is 26.2. The molecule has 3 fully saturated rings. The molecule has 0 saturated carbocycles. The van der Waals surface area contributed by atoms with Gasteiger partial charge in [-0.2, -0.15) is 0 Å². The monoisotopic (exact) mass is 898 g/mol. The van der Waals surface area contributed by atoms with Crippen LogP contribution in [0.25, 0.3) is 0 Å². The van der Waals surface area contributed by atoms with Crippen LogP contribution in [-0.4, -0.2) is 184 Å². The molecule has 0 aromatic carbocycles. The average molecular weight is 899 g/mol. The van der Waals surface area contributed by atoms with E-state index < -0.39 is 164 Å². The van der Waals surface area contributed by atoms with Gasteiger partial charge in [-0.1, -0.05) is 48.5 Å². The van der Waals surface area contributed by atoms with Gasteiger partial charge in [0.1, 0.15) is 53.8 Å². The summed E-state index contributed by atoms with van der Waals surface area (Å²) in [6, 6.07) is 0. The first-order valence-electron chi connectivity index (χ1n) is 18.9. The molecule has 0 spiro atoms. The van der Waals surface area contributed by atoms with E-state index in [4.69, 9.17) is 29.2 Å². The van der Waals surface area contributed by atoms with E-state index in [2.05, 4.69) is 0 Å². The normalized spacial score (nSPS) is 37.3. The van der Waals surface area contributed by atoms with Gasteiger partial charge >= 0.3 is 88.7 Å². The van der Waals surface area contributed by atoms with Gasteiger partial charge in [0.15, 0.2) is 0 Å². The zero-order chi connectivity index (χ0) is 44.1. The Balaban J connectivity index is 0. The van der Waals surface area contributed by atoms with Crippen molar-refractivity contribution in [3.63, 3.8) is 0 Å². The first-order valence-corrected chi connectivity index (χ1v) is 18.9. The van der Waals surface area contributed by atoms with E-state index in [1.165, 1.54) is 27.7 Å². The van der Waals surface area contributed by atoms with Crippen molar-refractivity contribution in [2.45, 2.75) is 158 Å². The predicted octanol–water partition coefficient (Wildman–Crippen LogP) is -16.8. The smallest absolute Gasteiger partial charge is 0.547 e. The summed E-state index contributed by atoms with van der Waals surface area (Å²) < 4.78 is 22.2. The third-order valence-electron chi connectivity index (χ3n) is 11.8. The first kappa shape index (κ1) is 62.9. The summed E-state index contributed by atoms with van der Waals surface area (Å²) in [6.07, 6.45) is -19.6. The van der Waals surface area contributed by atoms with Gasteiger partial charge in [-0.3, -0.25) is 0 Å². The topological polar surface area (TPSA) is 380 Å². The molecule has 18 atom stereocenters. The summed E-state index contributed by atoms with van der Waals surface area (Å²) in [5.41, 5.74) is -3.74. The quantitative estimate of drug-likeness (QED) is 0.0641. The second-order valence-corrected chi connectivity index (χ2v) is 16.2. The Morgan fingerprint density at radius 2 is 0.883 bits per heavy atom. The van der Waals surface area contributed by atoms with Gasteiger partial charge in [0.25, 0.3) is 0 Å². The molecule has 21 nitrogen and oxygen atoms in total. The van der Waals surface area contributed by atoms with Crippen LogP contribution in [-0.2, 0) is 33.3 Å². The molecule has 3 aliphatic heterocycles. The third-order valence-corrected chi connectivity index (χ3v) is 11.8. The number of ether oxygens (including phenoxy) is 4. The Bertz CT molecular complexity index is 1340. The van der Waals surface area contributed by atoms with Crippen molar-refractivity contribution in [2.75, 3.05) is 19.8 Å². The molecule has 3 unspecified atom stereocenters. The second-order valence-electron chi connectivity index (χ2n) is 16.2. The number of carbonyl (C=O) groups excluding carboxylic acids is 3. The molecule has 0 aromatic rings.